The van der Waals surface area contributed by atoms with E-state index in [0.29, 0.717) is 17.9 Å². The Bertz CT molecular complexity index is 948. The van der Waals surface area contributed by atoms with Crippen molar-refractivity contribution in [1.29, 1.82) is 0 Å². The third-order valence-corrected chi connectivity index (χ3v) is 5.77. The Hall–Kier alpha value is -2.14. The summed E-state index contributed by atoms with van der Waals surface area (Å²) in [6.45, 7) is 1.83. The minimum absolute atomic E-state index is 0.308. The van der Waals surface area contributed by atoms with E-state index in [1.165, 1.54) is 41.8 Å². The van der Waals surface area contributed by atoms with Crippen LogP contribution < -0.4 is 4.90 Å². The molecule has 26 heavy (non-hydrogen) atoms. The third kappa shape index (κ3) is 2.94. The zero-order valence-electron chi connectivity index (χ0n) is 14.4. The van der Waals surface area contributed by atoms with Crippen molar-refractivity contribution < 1.29 is 4.39 Å². The normalized spacial score (nSPS) is 19.5. The van der Waals surface area contributed by atoms with Gasteiger partial charge in [0.2, 0.25) is 5.95 Å². The first-order valence-electron chi connectivity index (χ1n) is 9.19. The molecule has 5 rings (SSSR count). The predicted molar refractivity (Wildman–Crippen MR) is 101 cm³/mol. The molecule has 0 spiro atoms. The number of benzene rings is 1. The van der Waals surface area contributed by atoms with Gasteiger partial charge in [0.05, 0.1) is 18.4 Å². The Labute approximate surface area is 156 Å². The molecule has 1 aliphatic carbocycles. The highest BCUT2D eigenvalue weighted by molar-refractivity contribution is 6.31. The molecule has 2 aromatic heterocycles. The molecule has 1 aliphatic heterocycles. The standard InChI is InChI=1S/C20H20ClFN4/c21-15-4-3-14-7-17-5-6-18(12-25(17)19(14)8-15)26(11-13-1-2-13)20-23-9-16(22)10-24-20/h3-4,7-10,13,18H,1-2,5-6,11-12H2. The highest BCUT2D eigenvalue weighted by Gasteiger charge is 2.32. The van der Waals surface area contributed by atoms with Crippen LogP contribution in [0.2, 0.25) is 5.02 Å². The number of halogens is 2. The Morgan fingerprint density at radius 2 is 1.96 bits per heavy atom. The summed E-state index contributed by atoms with van der Waals surface area (Å²) in [4.78, 5) is 10.8. The molecule has 4 nitrogen and oxygen atoms in total. The summed E-state index contributed by atoms with van der Waals surface area (Å²) in [6.07, 6.45) is 7.12. The van der Waals surface area contributed by atoms with Crippen LogP contribution in [0, 0.1) is 11.7 Å². The molecular weight excluding hydrogens is 351 g/mol. The summed E-state index contributed by atoms with van der Waals surface area (Å²) in [5, 5.41) is 1.99. The van der Waals surface area contributed by atoms with Gasteiger partial charge in [0.1, 0.15) is 0 Å². The highest BCUT2D eigenvalue weighted by Crippen LogP contribution is 2.34. The van der Waals surface area contributed by atoms with Gasteiger partial charge in [-0.15, -0.1) is 0 Å². The molecule has 3 heterocycles. The van der Waals surface area contributed by atoms with Crippen LogP contribution in [0.25, 0.3) is 10.9 Å². The number of fused-ring (bicyclic) bond motifs is 3. The molecule has 6 heteroatoms. The molecule has 0 amide bonds. The Morgan fingerprint density at radius 3 is 2.73 bits per heavy atom. The van der Waals surface area contributed by atoms with Gasteiger partial charge in [-0.2, -0.15) is 0 Å². The Kier molecular flexibility index (Phi) is 3.85. The zero-order chi connectivity index (χ0) is 17.7. The second-order valence-corrected chi connectivity index (χ2v) is 7.88. The van der Waals surface area contributed by atoms with E-state index >= 15 is 0 Å². The van der Waals surface area contributed by atoms with Crippen molar-refractivity contribution in [2.45, 2.75) is 38.3 Å². The van der Waals surface area contributed by atoms with Crippen molar-refractivity contribution in [3.63, 3.8) is 0 Å². The van der Waals surface area contributed by atoms with E-state index in [9.17, 15) is 4.39 Å². The summed E-state index contributed by atoms with van der Waals surface area (Å²) in [5.41, 5.74) is 2.54. The van der Waals surface area contributed by atoms with Crippen LogP contribution in [0.5, 0.6) is 0 Å². The SMILES string of the molecule is Fc1cnc(N(CC2CC2)C2CCc3cc4ccc(Cl)cc4n3C2)nc1. The smallest absolute Gasteiger partial charge is 0.225 e. The van der Waals surface area contributed by atoms with Crippen LogP contribution in [0.4, 0.5) is 10.3 Å². The summed E-state index contributed by atoms with van der Waals surface area (Å²) in [7, 11) is 0. The lowest BCUT2D eigenvalue weighted by molar-refractivity contribution is 0.426. The first-order valence-corrected chi connectivity index (χ1v) is 9.57. The van der Waals surface area contributed by atoms with Crippen LogP contribution in [0.1, 0.15) is 25.0 Å². The molecule has 0 saturated heterocycles. The maximum atomic E-state index is 13.3. The number of aromatic nitrogens is 3. The van der Waals surface area contributed by atoms with Crippen molar-refractivity contribution in [2.75, 3.05) is 11.4 Å². The topological polar surface area (TPSA) is 34.0 Å². The van der Waals surface area contributed by atoms with Gasteiger partial charge < -0.3 is 9.47 Å². The molecule has 0 bridgehead atoms. The second-order valence-electron chi connectivity index (χ2n) is 7.44. The predicted octanol–water partition coefficient (Wildman–Crippen LogP) is 4.46. The monoisotopic (exact) mass is 370 g/mol. The van der Waals surface area contributed by atoms with E-state index in [1.54, 1.807) is 0 Å². The Balaban J connectivity index is 1.49. The largest absolute Gasteiger partial charge is 0.342 e. The van der Waals surface area contributed by atoms with Crippen molar-refractivity contribution in [1.82, 2.24) is 14.5 Å². The molecule has 1 saturated carbocycles. The fourth-order valence-electron chi connectivity index (χ4n) is 4.00. The van der Waals surface area contributed by atoms with E-state index < -0.39 is 5.82 Å². The van der Waals surface area contributed by atoms with E-state index in [1.807, 2.05) is 12.1 Å². The number of aryl methyl sites for hydroxylation is 1. The van der Waals surface area contributed by atoms with Crippen LogP contribution in [0.3, 0.4) is 0 Å². The first kappa shape index (κ1) is 16.1. The minimum Gasteiger partial charge on any atom is -0.342 e. The first-order chi connectivity index (χ1) is 12.7. The summed E-state index contributed by atoms with van der Waals surface area (Å²) in [5.74, 6) is 0.958. The number of nitrogens with zero attached hydrogens (tertiary/aromatic N) is 4. The van der Waals surface area contributed by atoms with Gasteiger partial charge in [-0.1, -0.05) is 17.7 Å². The van der Waals surface area contributed by atoms with Crippen LogP contribution in [-0.4, -0.2) is 27.1 Å². The van der Waals surface area contributed by atoms with Gasteiger partial charge >= 0.3 is 0 Å². The number of rotatable bonds is 4. The number of hydrogen-bond acceptors (Lipinski definition) is 3. The fourth-order valence-corrected chi connectivity index (χ4v) is 4.17. The molecular formula is C20H20ClFN4. The van der Waals surface area contributed by atoms with Gasteiger partial charge in [-0.3, -0.25) is 0 Å². The molecule has 0 N–H and O–H groups in total. The van der Waals surface area contributed by atoms with Crippen LogP contribution >= 0.6 is 11.6 Å². The van der Waals surface area contributed by atoms with Crippen molar-refractivity contribution in [3.05, 3.63) is 53.2 Å². The van der Waals surface area contributed by atoms with Crippen molar-refractivity contribution in [2.24, 2.45) is 5.92 Å². The molecule has 3 aromatic rings. The van der Waals surface area contributed by atoms with Gasteiger partial charge in [-0.25, -0.2) is 14.4 Å². The lowest BCUT2D eigenvalue weighted by Crippen LogP contribution is -2.43. The lowest BCUT2D eigenvalue weighted by atomic mass is 10.0. The summed E-state index contributed by atoms with van der Waals surface area (Å²) in [6, 6.07) is 8.65. The van der Waals surface area contributed by atoms with Gasteiger partial charge in [0.15, 0.2) is 5.82 Å². The Morgan fingerprint density at radius 1 is 1.15 bits per heavy atom. The molecule has 1 aromatic carbocycles. The number of hydrogen-bond donors (Lipinski definition) is 0. The average molecular weight is 371 g/mol. The van der Waals surface area contributed by atoms with Gasteiger partial charge in [0, 0.05) is 29.3 Å². The zero-order valence-corrected chi connectivity index (χ0v) is 15.2. The van der Waals surface area contributed by atoms with E-state index in [-0.39, 0.29) is 0 Å². The number of anilines is 1. The van der Waals surface area contributed by atoms with Crippen molar-refractivity contribution >= 4 is 28.5 Å². The van der Waals surface area contributed by atoms with E-state index in [2.05, 4.69) is 31.6 Å². The molecule has 1 fully saturated rings. The van der Waals surface area contributed by atoms with Crippen LogP contribution in [0.15, 0.2) is 36.7 Å². The lowest BCUT2D eigenvalue weighted by Gasteiger charge is -2.35. The molecule has 1 unspecified atom stereocenters. The molecule has 0 radical (unpaired) electrons. The minimum atomic E-state index is -0.392. The van der Waals surface area contributed by atoms with Crippen LogP contribution in [-0.2, 0) is 13.0 Å². The molecule has 2 aliphatic rings. The third-order valence-electron chi connectivity index (χ3n) is 5.54. The average Bonchev–Trinajstić information content (AvgIpc) is 3.40. The fraction of sp³-hybridized carbons (Fsp3) is 0.400. The summed E-state index contributed by atoms with van der Waals surface area (Å²) < 4.78 is 15.6. The quantitative estimate of drug-likeness (QED) is 0.680. The van der Waals surface area contributed by atoms with E-state index in [4.69, 9.17) is 11.6 Å². The maximum Gasteiger partial charge on any atom is 0.225 e. The second kappa shape index (κ2) is 6.23. The van der Waals surface area contributed by atoms with Gasteiger partial charge in [0.25, 0.3) is 0 Å². The maximum absolute atomic E-state index is 13.3. The molecule has 1 atom stereocenters. The van der Waals surface area contributed by atoms with Crippen molar-refractivity contribution in [3.8, 4) is 0 Å². The highest BCUT2D eigenvalue weighted by atomic mass is 35.5. The van der Waals surface area contributed by atoms with E-state index in [0.717, 1.165) is 31.0 Å². The van der Waals surface area contributed by atoms with Gasteiger partial charge in [-0.05, 0) is 55.2 Å². The summed E-state index contributed by atoms with van der Waals surface area (Å²) >= 11 is 6.23. The molecule has 134 valence electrons.